The number of nitrogens with two attached hydrogens (primary N) is 1. The smallest absolute Gasteiger partial charge is 0.0432 e. The fourth-order valence-electron chi connectivity index (χ4n) is 2.44. The number of nitrogens with zero attached hydrogens (tertiary/aromatic N) is 1. The Morgan fingerprint density at radius 2 is 2.21 bits per heavy atom. The van der Waals surface area contributed by atoms with Crippen LogP contribution in [-0.2, 0) is 0 Å². The number of thioether (sulfide) groups is 1. The van der Waals surface area contributed by atoms with Crippen LogP contribution in [0.5, 0.6) is 0 Å². The van der Waals surface area contributed by atoms with E-state index in [1.807, 2.05) is 0 Å². The predicted molar refractivity (Wildman–Crippen MR) is 65.9 cm³/mol. The van der Waals surface area contributed by atoms with E-state index in [1.54, 1.807) is 0 Å². The second kappa shape index (κ2) is 5.38. The van der Waals surface area contributed by atoms with Crippen molar-refractivity contribution in [1.29, 1.82) is 0 Å². The van der Waals surface area contributed by atoms with Gasteiger partial charge in [-0.05, 0) is 32.1 Å². The molecule has 0 spiro atoms. The molecule has 2 unspecified atom stereocenters. The Balaban J connectivity index is 2.73. The van der Waals surface area contributed by atoms with E-state index in [4.69, 9.17) is 5.73 Å². The Kier molecular flexibility index (Phi) is 4.74. The van der Waals surface area contributed by atoms with Crippen LogP contribution in [0.4, 0.5) is 0 Å². The molecule has 84 valence electrons. The molecule has 0 amide bonds. The monoisotopic (exact) mass is 216 g/mol. The van der Waals surface area contributed by atoms with Crippen LogP contribution < -0.4 is 5.73 Å². The first-order chi connectivity index (χ1) is 6.70. The van der Waals surface area contributed by atoms with Crippen molar-refractivity contribution < 1.29 is 0 Å². The Morgan fingerprint density at radius 3 is 2.57 bits per heavy atom. The lowest BCUT2D eigenvalue weighted by atomic mass is 9.94. The second-order valence-corrected chi connectivity index (χ2v) is 5.38. The number of rotatable bonds is 5. The van der Waals surface area contributed by atoms with Gasteiger partial charge in [0.15, 0.2) is 0 Å². The SMILES string of the molecule is CCC(C)N(CC)C1(CN)CCSC1. The zero-order valence-corrected chi connectivity index (χ0v) is 10.6. The molecule has 2 nitrogen and oxygen atoms in total. The van der Waals surface area contributed by atoms with Gasteiger partial charge in [0.1, 0.15) is 0 Å². The molecule has 0 saturated carbocycles. The first-order valence-corrected chi connectivity index (χ1v) is 6.90. The van der Waals surface area contributed by atoms with Gasteiger partial charge in [-0.1, -0.05) is 13.8 Å². The molecule has 1 fully saturated rings. The molecule has 1 aliphatic rings. The number of hydrogen-bond acceptors (Lipinski definition) is 3. The molecule has 0 radical (unpaired) electrons. The summed E-state index contributed by atoms with van der Waals surface area (Å²) in [6.45, 7) is 8.79. The zero-order valence-electron chi connectivity index (χ0n) is 9.75. The van der Waals surface area contributed by atoms with Gasteiger partial charge >= 0.3 is 0 Å². The van der Waals surface area contributed by atoms with Crippen LogP contribution in [0.1, 0.15) is 33.6 Å². The van der Waals surface area contributed by atoms with E-state index in [0.717, 1.165) is 13.1 Å². The van der Waals surface area contributed by atoms with E-state index in [2.05, 4.69) is 37.4 Å². The third kappa shape index (κ3) is 2.26. The second-order valence-electron chi connectivity index (χ2n) is 4.27. The normalized spacial score (nSPS) is 29.8. The van der Waals surface area contributed by atoms with Gasteiger partial charge in [0.25, 0.3) is 0 Å². The topological polar surface area (TPSA) is 29.3 Å². The highest BCUT2D eigenvalue weighted by molar-refractivity contribution is 7.99. The van der Waals surface area contributed by atoms with Crippen LogP contribution in [0.2, 0.25) is 0 Å². The molecule has 0 aromatic carbocycles. The largest absolute Gasteiger partial charge is 0.329 e. The van der Waals surface area contributed by atoms with E-state index >= 15 is 0 Å². The average molecular weight is 216 g/mol. The summed E-state index contributed by atoms with van der Waals surface area (Å²) in [5.41, 5.74) is 6.28. The molecular formula is C11H24N2S. The highest BCUT2D eigenvalue weighted by atomic mass is 32.2. The van der Waals surface area contributed by atoms with Crippen LogP contribution >= 0.6 is 11.8 Å². The van der Waals surface area contributed by atoms with Crippen molar-refractivity contribution in [2.75, 3.05) is 24.6 Å². The third-order valence-corrected chi connectivity index (χ3v) is 4.77. The molecule has 2 N–H and O–H groups in total. The maximum absolute atomic E-state index is 5.98. The Bertz CT molecular complexity index is 167. The standard InChI is InChI=1S/C11H24N2S/c1-4-10(3)13(5-2)11(8-12)6-7-14-9-11/h10H,4-9,12H2,1-3H3. The molecular weight excluding hydrogens is 192 g/mol. The first-order valence-electron chi connectivity index (χ1n) is 5.74. The van der Waals surface area contributed by atoms with Crippen molar-refractivity contribution in [3.63, 3.8) is 0 Å². The molecule has 3 heteroatoms. The van der Waals surface area contributed by atoms with Crippen molar-refractivity contribution in [2.45, 2.75) is 45.2 Å². The zero-order chi connectivity index (χ0) is 10.6. The van der Waals surface area contributed by atoms with Gasteiger partial charge in [0.05, 0.1) is 0 Å². The molecule has 0 bridgehead atoms. The number of hydrogen-bond donors (Lipinski definition) is 1. The maximum Gasteiger partial charge on any atom is 0.0432 e. The minimum absolute atomic E-state index is 0.300. The fraction of sp³-hybridized carbons (Fsp3) is 1.00. The van der Waals surface area contributed by atoms with Crippen molar-refractivity contribution in [2.24, 2.45) is 5.73 Å². The molecule has 0 aliphatic carbocycles. The summed E-state index contributed by atoms with van der Waals surface area (Å²) in [7, 11) is 0. The van der Waals surface area contributed by atoms with E-state index in [0.29, 0.717) is 11.6 Å². The van der Waals surface area contributed by atoms with Crippen LogP contribution in [0.25, 0.3) is 0 Å². The fourth-order valence-corrected chi connectivity index (χ4v) is 3.91. The summed E-state index contributed by atoms with van der Waals surface area (Å²) in [5.74, 6) is 2.51. The molecule has 1 aliphatic heterocycles. The van der Waals surface area contributed by atoms with Gasteiger partial charge in [-0.3, -0.25) is 4.90 Å². The highest BCUT2D eigenvalue weighted by Gasteiger charge is 2.39. The van der Waals surface area contributed by atoms with Gasteiger partial charge in [0, 0.05) is 23.9 Å². The predicted octanol–water partition coefficient (Wildman–Crippen LogP) is 1.94. The summed E-state index contributed by atoms with van der Waals surface area (Å²) in [5, 5.41) is 0. The minimum Gasteiger partial charge on any atom is -0.329 e. The average Bonchev–Trinajstić information content (AvgIpc) is 2.68. The van der Waals surface area contributed by atoms with E-state index in [9.17, 15) is 0 Å². The van der Waals surface area contributed by atoms with Crippen LogP contribution in [0, 0.1) is 0 Å². The molecule has 0 aromatic rings. The maximum atomic E-state index is 5.98. The van der Waals surface area contributed by atoms with Crippen LogP contribution in [0.3, 0.4) is 0 Å². The lowest BCUT2D eigenvalue weighted by Gasteiger charge is -2.43. The molecule has 14 heavy (non-hydrogen) atoms. The van der Waals surface area contributed by atoms with Gasteiger partial charge in [-0.25, -0.2) is 0 Å². The first kappa shape index (κ1) is 12.3. The lowest BCUT2D eigenvalue weighted by Crippen LogP contribution is -2.57. The van der Waals surface area contributed by atoms with Gasteiger partial charge in [-0.2, -0.15) is 11.8 Å². The summed E-state index contributed by atoms with van der Waals surface area (Å²) in [4.78, 5) is 2.62. The lowest BCUT2D eigenvalue weighted by molar-refractivity contribution is 0.0781. The van der Waals surface area contributed by atoms with Crippen molar-refractivity contribution in [3.8, 4) is 0 Å². The Morgan fingerprint density at radius 1 is 1.50 bits per heavy atom. The Labute approximate surface area is 92.6 Å². The quantitative estimate of drug-likeness (QED) is 0.761. The molecule has 1 rings (SSSR count). The van der Waals surface area contributed by atoms with Gasteiger partial charge in [-0.15, -0.1) is 0 Å². The molecule has 0 aromatic heterocycles. The third-order valence-electron chi connectivity index (χ3n) is 3.54. The van der Waals surface area contributed by atoms with E-state index < -0.39 is 0 Å². The van der Waals surface area contributed by atoms with E-state index in [1.165, 1.54) is 24.3 Å². The van der Waals surface area contributed by atoms with Crippen molar-refractivity contribution >= 4 is 11.8 Å². The molecule has 2 atom stereocenters. The summed E-state index contributed by atoms with van der Waals surface area (Å²) >= 11 is 2.06. The minimum atomic E-state index is 0.300. The van der Waals surface area contributed by atoms with Crippen LogP contribution in [0.15, 0.2) is 0 Å². The van der Waals surface area contributed by atoms with Gasteiger partial charge in [0.2, 0.25) is 0 Å². The van der Waals surface area contributed by atoms with Gasteiger partial charge < -0.3 is 5.73 Å². The Hall–Kier alpha value is 0.270. The van der Waals surface area contributed by atoms with Crippen LogP contribution in [-0.4, -0.2) is 41.1 Å². The van der Waals surface area contributed by atoms with E-state index in [-0.39, 0.29) is 0 Å². The summed E-state index contributed by atoms with van der Waals surface area (Å²) in [6.07, 6.45) is 2.49. The highest BCUT2D eigenvalue weighted by Crippen LogP contribution is 2.34. The van der Waals surface area contributed by atoms with Crippen molar-refractivity contribution in [3.05, 3.63) is 0 Å². The summed E-state index contributed by atoms with van der Waals surface area (Å²) in [6, 6.07) is 0.669. The molecule has 1 saturated heterocycles. The summed E-state index contributed by atoms with van der Waals surface area (Å²) < 4.78 is 0. The van der Waals surface area contributed by atoms with Crippen molar-refractivity contribution in [1.82, 2.24) is 4.90 Å². The number of likely N-dealkylation sites (N-methyl/N-ethyl adjacent to an activating group) is 1. The molecule has 1 heterocycles.